The van der Waals surface area contributed by atoms with Gasteiger partial charge in [-0.25, -0.2) is 0 Å². The van der Waals surface area contributed by atoms with E-state index in [1.54, 1.807) is 36.0 Å². The summed E-state index contributed by atoms with van der Waals surface area (Å²) in [6.07, 6.45) is -0.0509. The van der Waals surface area contributed by atoms with Gasteiger partial charge < -0.3 is 10.1 Å². The average molecular weight is 398 g/mol. The fraction of sp³-hybridized carbons (Fsp3) is 0.136. The SMILES string of the molecule is CC[C@H](Oc1cccc(Cl)c1)C(=O)Nc1ccccc1Sc1ccccc1. The van der Waals surface area contributed by atoms with Gasteiger partial charge in [0.25, 0.3) is 5.91 Å². The van der Waals surface area contributed by atoms with Crippen molar-refractivity contribution in [2.45, 2.75) is 29.2 Å². The first-order chi connectivity index (χ1) is 13.2. The fourth-order valence-corrected chi connectivity index (χ4v) is 3.62. The molecule has 0 aliphatic rings. The summed E-state index contributed by atoms with van der Waals surface area (Å²) in [4.78, 5) is 14.9. The van der Waals surface area contributed by atoms with E-state index in [2.05, 4.69) is 5.32 Å². The summed E-state index contributed by atoms with van der Waals surface area (Å²) in [5, 5.41) is 3.58. The molecule has 0 fully saturated rings. The molecule has 3 rings (SSSR count). The molecule has 1 amide bonds. The molecule has 0 saturated heterocycles. The van der Waals surface area contributed by atoms with Crippen molar-refractivity contribution in [1.82, 2.24) is 0 Å². The number of carbonyl (C=O) groups is 1. The van der Waals surface area contributed by atoms with Crippen molar-refractivity contribution in [2.75, 3.05) is 5.32 Å². The van der Waals surface area contributed by atoms with E-state index < -0.39 is 6.10 Å². The van der Waals surface area contributed by atoms with Gasteiger partial charge in [0.05, 0.1) is 5.69 Å². The Morgan fingerprint density at radius 2 is 1.78 bits per heavy atom. The van der Waals surface area contributed by atoms with Crippen molar-refractivity contribution in [1.29, 1.82) is 0 Å². The standard InChI is InChI=1S/C22H20ClNO2S/c1-2-20(26-17-10-8-9-16(23)15-17)22(25)24-19-13-6-7-14-21(19)27-18-11-4-3-5-12-18/h3-15,20H,2H2,1H3,(H,24,25)/t20-/m0/s1. The zero-order chi connectivity index (χ0) is 19.1. The van der Waals surface area contributed by atoms with E-state index >= 15 is 0 Å². The van der Waals surface area contributed by atoms with Crippen LogP contribution < -0.4 is 10.1 Å². The molecule has 1 N–H and O–H groups in total. The molecule has 0 spiro atoms. The maximum atomic E-state index is 12.8. The predicted octanol–water partition coefficient (Wildman–Crippen LogP) is 6.29. The number of para-hydroxylation sites is 1. The van der Waals surface area contributed by atoms with Crippen LogP contribution in [0.4, 0.5) is 5.69 Å². The van der Waals surface area contributed by atoms with Crippen molar-refractivity contribution in [3.63, 3.8) is 0 Å². The highest BCUT2D eigenvalue weighted by molar-refractivity contribution is 7.99. The molecule has 3 nitrogen and oxygen atoms in total. The molecule has 0 aliphatic heterocycles. The normalized spacial score (nSPS) is 11.6. The van der Waals surface area contributed by atoms with Gasteiger partial charge in [-0.2, -0.15) is 0 Å². The molecule has 5 heteroatoms. The molecule has 1 atom stereocenters. The minimum Gasteiger partial charge on any atom is -0.481 e. The van der Waals surface area contributed by atoms with Gasteiger partial charge in [-0.1, -0.05) is 66.7 Å². The van der Waals surface area contributed by atoms with Gasteiger partial charge in [-0.15, -0.1) is 0 Å². The molecule has 3 aromatic carbocycles. The zero-order valence-electron chi connectivity index (χ0n) is 14.9. The van der Waals surface area contributed by atoms with Crippen LogP contribution in [0.1, 0.15) is 13.3 Å². The summed E-state index contributed by atoms with van der Waals surface area (Å²) in [6, 6.07) is 24.9. The highest BCUT2D eigenvalue weighted by atomic mass is 35.5. The molecular formula is C22H20ClNO2S. The molecule has 0 aromatic heterocycles. The molecule has 0 saturated carbocycles. The quantitative estimate of drug-likeness (QED) is 0.509. The van der Waals surface area contributed by atoms with Crippen molar-refractivity contribution < 1.29 is 9.53 Å². The number of benzene rings is 3. The number of amides is 1. The molecule has 27 heavy (non-hydrogen) atoms. The molecular weight excluding hydrogens is 378 g/mol. The topological polar surface area (TPSA) is 38.3 Å². The summed E-state index contributed by atoms with van der Waals surface area (Å²) in [6.45, 7) is 1.92. The van der Waals surface area contributed by atoms with E-state index in [4.69, 9.17) is 16.3 Å². The van der Waals surface area contributed by atoms with E-state index in [1.807, 2.05) is 61.5 Å². The maximum absolute atomic E-state index is 12.8. The third-order valence-corrected chi connectivity index (χ3v) is 5.17. The minimum absolute atomic E-state index is 0.182. The van der Waals surface area contributed by atoms with Crippen LogP contribution in [0.25, 0.3) is 0 Å². The molecule has 0 bridgehead atoms. The summed E-state index contributed by atoms with van der Waals surface area (Å²) in [7, 11) is 0. The predicted molar refractivity (Wildman–Crippen MR) is 112 cm³/mol. The second-order valence-electron chi connectivity index (χ2n) is 5.87. The first kappa shape index (κ1) is 19.3. The number of rotatable bonds is 7. The molecule has 0 aliphatic carbocycles. The number of ether oxygens (including phenoxy) is 1. The third kappa shape index (κ3) is 5.52. The van der Waals surface area contributed by atoms with Crippen LogP contribution >= 0.6 is 23.4 Å². The van der Waals surface area contributed by atoms with E-state index in [-0.39, 0.29) is 5.91 Å². The molecule has 3 aromatic rings. The van der Waals surface area contributed by atoms with Crippen LogP contribution in [-0.4, -0.2) is 12.0 Å². The van der Waals surface area contributed by atoms with Gasteiger partial charge in [0.15, 0.2) is 6.10 Å². The Morgan fingerprint density at radius 1 is 1.04 bits per heavy atom. The Bertz CT molecular complexity index is 902. The summed E-state index contributed by atoms with van der Waals surface area (Å²) in [5.41, 5.74) is 0.768. The lowest BCUT2D eigenvalue weighted by Crippen LogP contribution is -2.32. The Balaban J connectivity index is 1.72. The summed E-state index contributed by atoms with van der Waals surface area (Å²) >= 11 is 7.60. The minimum atomic E-state index is -0.599. The van der Waals surface area contributed by atoms with Crippen molar-refractivity contribution in [3.8, 4) is 5.75 Å². The smallest absolute Gasteiger partial charge is 0.265 e. The van der Waals surface area contributed by atoms with Crippen LogP contribution in [0.2, 0.25) is 5.02 Å². The van der Waals surface area contributed by atoms with Crippen molar-refractivity contribution in [2.24, 2.45) is 0 Å². The lowest BCUT2D eigenvalue weighted by atomic mass is 10.2. The Kier molecular flexibility index (Phi) is 6.80. The zero-order valence-corrected chi connectivity index (χ0v) is 16.5. The number of anilines is 1. The van der Waals surface area contributed by atoms with Crippen LogP contribution in [-0.2, 0) is 4.79 Å². The van der Waals surface area contributed by atoms with Gasteiger partial charge in [0, 0.05) is 14.8 Å². The van der Waals surface area contributed by atoms with Crippen LogP contribution in [0, 0.1) is 0 Å². The van der Waals surface area contributed by atoms with Gasteiger partial charge in [-0.3, -0.25) is 4.79 Å². The largest absolute Gasteiger partial charge is 0.481 e. The first-order valence-electron chi connectivity index (χ1n) is 8.70. The molecule has 0 heterocycles. The third-order valence-electron chi connectivity index (χ3n) is 3.85. The van der Waals surface area contributed by atoms with Crippen molar-refractivity contribution in [3.05, 3.63) is 83.9 Å². The van der Waals surface area contributed by atoms with E-state index in [1.165, 1.54) is 0 Å². The van der Waals surface area contributed by atoms with E-state index in [9.17, 15) is 4.79 Å². The van der Waals surface area contributed by atoms with E-state index in [0.717, 1.165) is 15.5 Å². The lowest BCUT2D eigenvalue weighted by Gasteiger charge is -2.18. The summed E-state index contributed by atoms with van der Waals surface area (Å²) < 4.78 is 5.83. The van der Waals surface area contributed by atoms with Crippen LogP contribution in [0.3, 0.4) is 0 Å². The molecule has 0 radical (unpaired) electrons. The Hall–Kier alpha value is -2.43. The van der Waals surface area contributed by atoms with Crippen LogP contribution in [0.15, 0.2) is 88.7 Å². The summed E-state index contributed by atoms with van der Waals surface area (Å²) in [5.74, 6) is 0.398. The second-order valence-corrected chi connectivity index (χ2v) is 7.42. The number of carbonyl (C=O) groups excluding carboxylic acids is 1. The second kappa shape index (κ2) is 9.49. The average Bonchev–Trinajstić information content (AvgIpc) is 2.68. The van der Waals surface area contributed by atoms with Gasteiger partial charge in [-0.05, 0) is 48.9 Å². The van der Waals surface area contributed by atoms with E-state index in [0.29, 0.717) is 17.2 Å². The Morgan fingerprint density at radius 3 is 2.52 bits per heavy atom. The maximum Gasteiger partial charge on any atom is 0.265 e. The van der Waals surface area contributed by atoms with Crippen LogP contribution in [0.5, 0.6) is 5.75 Å². The monoisotopic (exact) mass is 397 g/mol. The number of hydrogen-bond donors (Lipinski definition) is 1. The van der Waals surface area contributed by atoms with Gasteiger partial charge >= 0.3 is 0 Å². The molecule has 0 unspecified atom stereocenters. The number of hydrogen-bond acceptors (Lipinski definition) is 3. The van der Waals surface area contributed by atoms with Gasteiger partial charge in [0.2, 0.25) is 0 Å². The van der Waals surface area contributed by atoms with Crippen molar-refractivity contribution >= 4 is 35.0 Å². The Labute approximate surface area is 168 Å². The van der Waals surface area contributed by atoms with Gasteiger partial charge in [0.1, 0.15) is 5.75 Å². The molecule has 138 valence electrons. The number of halogens is 1. The lowest BCUT2D eigenvalue weighted by molar-refractivity contribution is -0.122. The highest BCUT2D eigenvalue weighted by Crippen LogP contribution is 2.33. The first-order valence-corrected chi connectivity index (χ1v) is 9.90. The fourth-order valence-electron chi connectivity index (χ4n) is 2.51. The number of nitrogens with one attached hydrogen (secondary N) is 1. The highest BCUT2D eigenvalue weighted by Gasteiger charge is 2.20.